The number of ketones is 1. The summed E-state index contributed by atoms with van der Waals surface area (Å²) in [7, 11) is 0. The molecule has 2 aromatic rings. The Kier molecular flexibility index (Phi) is 5.19. The molecule has 7 nitrogen and oxygen atoms in total. The smallest absolute Gasteiger partial charge is 0.303 e. The zero-order valence-electron chi connectivity index (χ0n) is 13.7. The van der Waals surface area contributed by atoms with Gasteiger partial charge in [0.25, 0.3) is 0 Å². The summed E-state index contributed by atoms with van der Waals surface area (Å²) in [5.41, 5.74) is -0.154. The number of fused-ring (bicyclic) bond motifs is 1. The molecule has 140 valence electrons. The number of ether oxygens (including phenoxy) is 1. The monoisotopic (exact) mass is 408 g/mol. The van der Waals surface area contributed by atoms with Gasteiger partial charge in [-0.15, -0.1) is 11.3 Å². The number of carboxylic acid groups (broad SMARTS) is 1. The number of thiazole rings is 1. The van der Waals surface area contributed by atoms with Crippen molar-refractivity contribution >= 4 is 47.3 Å². The highest BCUT2D eigenvalue weighted by Gasteiger charge is 2.29. The average molecular weight is 408 g/mol. The highest BCUT2D eigenvalue weighted by Crippen LogP contribution is 2.33. The highest BCUT2D eigenvalue weighted by molar-refractivity contribution is 7.73. The van der Waals surface area contributed by atoms with Crippen molar-refractivity contribution in [1.29, 1.82) is 5.41 Å². The number of carbonyl (C=O) groups excluding carboxylic acids is 1. The van der Waals surface area contributed by atoms with Crippen molar-refractivity contribution < 1.29 is 28.9 Å². The van der Waals surface area contributed by atoms with Crippen LogP contribution in [0.4, 0.5) is 4.39 Å². The predicted octanol–water partition coefficient (Wildman–Crippen LogP) is 3.62. The van der Waals surface area contributed by atoms with Crippen LogP contribution in [-0.2, 0) is 11.3 Å². The first kappa shape index (κ1) is 18.9. The normalized spacial score (nSPS) is 14.9. The zero-order valence-corrected chi connectivity index (χ0v) is 15.3. The summed E-state index contributed by atoms with van der Waals surface area (Å²) in [5, 5.41) is 27.0. The summed E-state index contributed by atoms with van der Waals surface area (Å²) >= 11 is 6.18. The van der Waals surface area contributed by atoms with Crippen molar-refractivity contribution in [2.75, 3.05) is 0 Å². The summed E-state index contributed by atoms with van der Waals surface area (Å²) in [6.07, 6.45) is 1.46. The second-order valence-electron chi connectivity index (χ2n) is 5.66. The molecule has 1 aromatic heterocycles. The Labute approximate surface area is 161 Å². The minimum absolute atomic E-state index is 0.0128. The molecule has 0 atom stereocenters. The largest absolute Gasteiger partial charge is 0.493 e. The van der Waals surface area contributed by atoms with Gasteiger partial charge in [-0.25, -0.2) is 4.39 Å². The molecule has 1 aromatic carbocycles. The molecule has 0 spiro atoms. The maximum Gasteiger partial charge on any atom is 0.303 e. The van der Waals surface area contributed by atoms with Gasteiger partial charge in [-0.1, -0.05) is 0 Å². The molecule has 1 aliphatic heterocycles. The number of hydrogen-bond acceptors (Lipinski definition) is 7. The number of nitrogens with zero attached hydrogens (tertiary/aromatic N) is 1. The molecule has 27 heavy (non-hydrogen) atoms. The van der Waals surface area contributed by atoms with E-state index in [1.807, 2.05) is 0 Å². The number of aromatic nitrogens is 1. The Balaban J connectivity index is 1.95. The number of halogens is 1. The van der Waals surface area contributed by atoms with E-state index in [0.29, 0.717) is 3.95 Å². The summed E-state index contributed by atoms with van der Waals surface area (Å²) in [5.74, 6) is -2.73. The standard InChI is InChI=1S/C17H13FN2O5S2/c18-8-3-4-11-9(6-8)14(23)10(15(19)25-11)7-12-16(24)20(17(26)27-12)5-1-2-13(21)22/h3-4,6-7,19,24H,1-2,5H2,(H,21,22). The van der Waals surface area contributed by atoms with Crippen molar-refractivity contribution in [2.45, 2.75) is 19.4 Å². The minimum atomic E-state index is -0.956. The summed E-state index contributed by atoms with van der Waals surface area (Å²) < 4.78 is 20.4. The van der Waals surface area contributed by atoms with Gasteiger partial charge in [0.15, 0.2) is 3.95 Å². The third kappa shape index (κ3) is 3.81. The molecule has 2 heterocycles. The Hall–Kier alpha value is -2.85. The van der Waals surface area contributed by atoms with Crippen LogP contribution in [0.1, 0.15) is 28.1 Å². The van der Waals surface area contributed by atoms with Crippen LogP contribution in [0.2, 0.25) is 0 Å². The number of carbonyl (C=O) groups is 2. The van der Waals surface area contributed by atoms with E-state index in [0.717, 1.165) is 23.5 Å². The third-order valence-electron chi connectivity index (χ3n) is 3.83. The van der Waals surface area contributed by atoms with Gasteiger partial charge in [0.1, 0.15) is 11.6 Å². The van der Waals surface area contributed by atoms with Crippen LogP contribution in [0, 0.1) is 15.2 Å². The van der Waals surface area contributed by atoms with Crippen molar-refractivity contribution in [3.05, 3.63) is 44.0 Å². The van der Waals surface area contributed by atoms with Crippen molar-refractivity contribution in [1.82, 2.24) is 4.57 Å². The number of rotatable bonds is 5. The second kappa shape index (κ2) is 7.41. The van der Waals surface area contributed by atoms with Gasteiger partial charge in [-0.3, -0.25) is 19.6 Å². The molecular formula is C17H13FN2O5S2. The molecule has 3 N–H and O–H groups in total. The summed E-state index contributed by atoms with van der Waals surface area (Å²) in [6, 6.07) is 3.42. The van der Waals surface area contributed by atoms with Crippen LogP contribution in [-0.4, -0.2) is 32.4 Å². The number of carboxylic acids is 1. The maximum absolute atomic E-state index is 13.4. The first-order valence-electron chi connectivity index (χ1n) is 7.75. The maximum atomic E-state index is 13.4. The van der Waals surface area contributed by atoms with Crippen LogP contribution in [0.15, 0.2) is 23.8 Å². The average Bonchev–Trinajstić information content (AvgIpc) is 2.86. The fourth-order valence-corrected chi connectivity index (χ4v) is 3.84. The molecule has 3 rings (SSSR count). The Morgan fingerprint density at radius 3 is 2.89 bits per heavy atom. The molecule has 1 aliphatic rings. The number of benzene rings is 1. The second-order valence-corrected chi connectivity index (χ2v) is 7.34. The van der Waals surface area contributed by atoms with Gasteiger partial charge < -0.3 is 14.9 Å². The van der Waals surface area contributed by atoms with Crippen LogP contribution in [0.25, 0.3) is 6.08 Å². The van der Waals surface area contributed by atoms with E-state index < -0.39 is 23.5 Å². The molecule has 0 amide bonds. The van der Waals surface area contributed by atoms with E-state index in [4.69, 9.17) is 27.5 Å². The third-order valence-corrected chi connectivity index (χ3v) is 5.21. The van der Waals surface area contributed by atoms with Gasteiger partial charge in [-0.2, -0.15) is 0 Å². The van der Waals surface area contributed by atoms with E-state index in [2.05, 4.69) is 0 Å². The van der Waals surface area contributed by atoms with E-state index in [1.54, 1.807) is 0 Å². The number of aliphatic carboxylic acids is 1. The fourth-order valence-electron chi connectivity index (χ4n) is 2.54. The molecule has 10 heteroatoms. The van der Waals surface area contributed by atoms with Crippen LogP contribution in [0.3, 0.4) is 0 Å². The highest BCUT2D eigenvalue weighted by atomic mass is 32.1. The molecule has 0 fully saturated rings. The lowest BCUT2D eigenvalue weighted by Gasteiger charge is -2.18. The molecular weight excluding hydrogens is 395 g/mol. The van der Waals surface area contributed by atoms with Gasteiger partial charge in [0.05, 0.1) is 16.0 Å². The lowest BCUT2D eigenvalue weighted by Crippen LogP contribution is -2.24. The zero-order chi connectivity index (χ0) is 19.7. The number of hydrogen-bond donors (Lipinski definition) is 3. The lowest BCUT2D eigenvalue weighted by molar-refractivity contribution is -0.137. The van der Waals surface area contributed by atoms with Crippen molar-refractivity contribution in [2.24, 2.45) is 0 Å². The molecule has 0 saturated heterocycles. The van der Waals surface area contributed by atoms with Gasteiger partial charge in [0, 0.05) is 13.0 Å². The predicted molar refractivity (Wildman–Crippen MR) is 98.7 cm³/mol. The van der Waals surface area contributed by atoms with Crippen molar-refractivity contribution in [3.63, 3.8) is 0 Å². The van der Waals surface area contributed by atoms with Crippen LogP contribution >= 0.6 is 23.6 Å². The van der Waals surface area contributed by atoms with E-state index >= 15 is 0 Å². The number of nitrogens with one attached hydrogen (secondary N) is 1. The molecule has 0 radical (unpaired) electrons. The number of Topliss-reactive ketones (excluding diaryl/α,β-unsaturated/α-hetero) is 1. The van der Waals surface area contributed by atoms with Gasteiger partial charge >= 0.3 is 5.97 Å². The molecule has 0 bridgehead atoms. The Morgan fingerprint density at radius 2 is 2.19 bits per heavy atom. The van der Waals surface area contributed by atoms with Crippen molar-refractivity contribution in [3.8, 4) is 11.6 Å². The van der Waals surface area contributed by atoms with Gasteiger partial charge in [0.2, 0.25) is 17.6 Å². The van der Waals surface area contributed by atoms with Gasteiger partial charge in [-0.05, 0) is 42.9 Å². The minimum Gasteiger partial charge on any atom is -0.493 e. The SMILES string of the molecule is N=C1Oc2ccc(F)cc2C(=O)C1=Cc1sc(=S)n(CCCC(=O)O)c1O. The summed E-state index contributed by atoms with van der Waals surface area (Å²) in [4.78, 5) is 23.4. The van der Waals surface area contributed by atoms with E-state index in [-0.39, 0.29) is 47.0 Å². The Bertz CT molecular complexity index is 1050. The first-order valence-corrected chi connectivity index (χ1v) is 8.97. The fraction of sp³-hybridized carbons (Fsp3) is 0.176. The molecule has 0 aliphatic carbocycles. The summed E-state index contributed by atoms with van der Waals surface area (Å²) in [6.45, 7) is 0.201. The molecule has 0 unspecified atom stereocenters. The van der Waals surface area contributed by atoms with E-state index in [9.17, 15) is 19.1 Å². The number of aromatic hydroxyl groups is 1. The van der Waals surface area contributed by atoms with Crippen LogP contribution in [0.5, 0.6) is 11.6 Å². The first-order chi connectivity index (χ1) is 12.8. The topological polar surface area (TPSA) is 113 Å². The lowest BCUT2D eigenvalue weighted by atomic mass is 9.99. The Morgan fingerprint density at radius 1 is 1.44 bits per heavy atom. The molecule has 0 saturated carbocycles. The van der Waals surface area contributed by atoms with Crippen LogP contribution < -0.4 is 4.74 Å². The quantitative estimate of drug-likeness (QED) is 0.514. The van der Waals surface area contributed by atoms with E-state index in [1.165, 1.54) is 16.7 Å².